The van der Waals surface area contributed by atoms with E-state index in [4.69, 9.17) is 11.5 Å². The summed E-state index contributed by atoms with van der Waals surface area (Å²) in [5.41, 5.74) is 9.81. The molecule has 0 fully saturated rings. The van der Waals surface area contributed by atoms with Crippen molar-refractivity contribution in [2.24, 2.45) is 22.8 Å². The molecule has 5 heteroatoms. The molecule has 0 aliphatic rings. The van der Waals surface area contributed by atoms with Crippen molar-refractivity contribution in [2.45, 2.75) is 27.2 Å². The van der Waals surface area contributed by atoms with Gasteiger partial charge in [-0.3, -0.25) is 9.59 Å². The Bertz CT molecular complexity index is 239. The Morgan fingerprint density at radius 3 is 2.33 bits per heavy atom. The van der Waals surface area contributed by atoms with E-state index in [2.05, 4.69) is 5.32 Å². The van der Waals surface area contributed by atoms with Crippen molar-refractivity contribution in [3.05, 3.63) is 0 Å². The summed E-state index contributed by atoms with van der Waals surface area (Å²) in [6.07, 6.45) is 0.642. The number of rotatable bonds is 6. The van der Waals surface area contributed by atoms with Gasteiger partial charge in [-0.2, -0.15) is 0 Å². The predicted octanol–water partition coefficient (Wildman–Crippen LogP) is -0.401. The molecular weight excluding hydrogens is 194 g/mol. The van der Waals surface area contributed by atoms with Gasteiger partial charge in [0.15, 0.2) is 0 Å². The molecule has 5 N–H and O–H groups in total. The molecule has 0 rings (SSSR count). The third kappa shape index (κ3) is 4.78. The molecule has 0 bridgehead atoms. The Kier molecular flexibility index (Phi) is 5.28. The Hall–Kier alpha value is -1.10. The van der Waals surface area contributed by atoms with E-state index in [9.17, 15) is 9.59 Å². The van der Waals surface area contributed by atoms with Gasteiger partial charge < -0.3 is 16.8 Å². The van der Waals surface area contributed by atoms with Crippen LogP contribution in [-0.4, -0.2) is 24.9 Å². The summed E-state index contributed by atoms with van der Waals surface area (Å²) in [7, 11) is 0. The summed E-state index contributed by atoms with van der Waals surface area (Å²) in [5.74, 6) is -0.636. The fourth-order valence-electron chi connectivity index (χ4n) is 0.951. The van der Waals surface area contributed by atoms with E-state index in [1.807, 2.05) is 0 Å². The lowest BCUT2D eigenvalue weighted by molar-refractivity contribution is -0.128. The van der Waals surface area contributed by atoms with Crippen LogP contribution >= 0.6 is 0 Å². The average molecular weight is 215 g/mol. The van der Waals surface area contributed by atoms with Crippen LogP contribution in [0.3, 0.4) is 0 Å². The van der Waals surface area contributed by atoms with E-state index in [1.165, 1.54) is 0 Å². The minimum atomic E-state index is -0.710. The molecule has 5 nitrogen and oxygen atoms in total. The minimum absolute atomic E-state index is 0.0882. The molecule has 0 aromatic heterocycles. The maximum absolute atomic E-state index is 11.5. The second kappa shape index (κ2) is 5.70. The SMILES string of the molecule is CC(CCN)C(=O)NCC(C)(C)C(N)=O. The summed E-state index contributed by atoms with van der Waals surface area (Å²) in [6, 6.07) is 0. The zero-order chi connectivity index (χ0) is 12.1. The zero-order valence-electron chi connectivity index (χ0n) is 9.67. The van der Waals surface area contributed by atoms with Crippen LogP contribution in [0, 0.1) is 11.3 Å². The maximum Gasteiger partial charge on any atom is 0.224 e. The van der Waals surface area contributed by atoms with E-state index in [1.54, 1.807) is 20.8 Å². The van der Waals surface area contributed by atoms with Gasteiger partial charge in [0, 0.05) is 12.5 Å². The molecule has 0 aliphatic heterocycles. The smallest absolute Gasteiger partial charge is 0.224 e. The standard InChI is InChI=1S/C10H21N3O2/c1-7(4-5-11)8(14)13-6-10(2,3)9(12)15/h7H,4-6,11H2,1-3H3,(H2,12,15)(H,13,14). The molecule has 0 saturated heterocycles. The van der Waals surface area contributed by atoms with E-state index in [0.29, 0.717) is 13.0 Å². The quantitative estimate of drug-likeness (QED) is 0.562. The summed E-state index contributed by atoms with van der Waals surface area (Å²) >= 11 is 0. The first kappa shape index (κ1) is 13.9. The first-order valence-corrected chi connectivity index (χ1v) is 5.09. The van der Waals surface area contributed by atoms with Crippen LogP contribution in [0.1, 0.15) is 27.2 Å². The van der Waals surface area contributed by atoms with Crippen molar-refractivity contribution in [3.63, 3.8) is 0 Å². The first-order chi connectivity index (χ1) is 6.81. The van der Waals surface area contributed by atoms with Crippen molar-refractivity contribution < 1.29 is 9.59 Å². The fourth-order valence-corrected chi connectivity index (χ4v) is 0.951. The van der Waals surface area contributed by atoms with E-state index in [-0.39, 0.29) is 18.4 Å². The normalized spacial score (nSPS) is 13.3. The monoisotopic (exact) mass is 215 g/mol. The lowest BCUT2D eigenvalue weighted by atomic mass is 9.92. The summed E-state index contributed by atoms with van der Waals surface area (Å²) in [5, 5.41) is 2.69. The van der Waals surface area contributed by atoms with E-state index < -0.39 is 11.3 Å². The highest BCUT2D eigenvalue weighted by Gasteiger charge is 2.26. The van der Waals surface area contributed by atoms with Crippen molar-refractivity contribution in [3.8, 4) is 0 Å². The molecule has 0 aromatic carbocycles. The molecule has 1 atom stereocenters. The molecule has 2 amide bonds. The third-order valence-electron chi connectivity index (χ3n) is 2.42. The number of amides is 2. The van der Waals surface area contributed by atoms with Gasteiger partial charge >= 0.3 is 0 Å². The highest BCUT2D eigenvalue weighted by molar-refractivity contribution is 5.82. The van der Waals surface area contributed by atoms with Gasteiger partial charge in [-0.25, -0.2) is 0 Å². The van der Waals surface area contributed by atoms with Gasteiger partial charge in [-0.15, -0.1) is 0 Å². The number of hydrogen-bond acceptors (Lipinski definition) is 3. The molecule has 1 unspecified atom stereocenters. The van der Waals surface area contributed by atoms with Gasteiger partial charge in [0.05, 0.1) is 5.41 Å². The Labute approximate surface area is 90.6 Å². The average Bonchev–Trinajstić information content (AvgIpc) is 2.14. The van der Waals surface area contributed by atoms with Gasteiger partial charge in [0.25, 0.3) is 0 Å². The minimum Gasteiger partial charge on any atom is -0.369 e. The Morgan fingerprint density at radius 1 is 1.40 bits per heavy atom. The van der Waals surface area contributed by atoms with Crippen LogP contribution in [0.2, 0.25) is 0 Å². The first-order valence-electron chi connectivity index (χ1n) is 5.09. The van der Waals surface area contributed by atoms with Crippen LogP contribution in [0.5, 0.6) is 0 Å². The molecule has 88 valence electrons. The van der Waals surface area contributed by atoms with Crippen LogP contribution in [0.4, 0.5) is 0 Å². The molecule has 0 heterocycles. The van der Waals surface area contributed by atoms with Gasteiger partial charge in [0.1, 0.15) is 0 Å². The highest BCUT2D eigenvalue weighted by Crippen LogP contribution is 2.12. The largest absolute Gasteiger partial charge is 0.369 e. The fraction of sp³-hybridized carbons (Fsp3) is 0.800. The molecule has 0 aromatic rings. The van der Waals surface area contributed by atoms with E-state index >= 15 is 0 Å². The van der Waals surface area contributed by atoms with Crippen LogP contribution in [-0.2, 0) is 9.59 Å². The molecule has 0 saturated carbocycles. The summed E-state index contributed by atoms with van der Waals surface area (Å²) < 4.78 is 0. The molecule has 0 radical (unpaired) electrons. The molecule has 0 spiro atoms. The predicted molar refractivity (Wildman–Crippen MR) is 58.8 cm³/mol. The lowest BCUT2D eigenvalue weighted by Gasteiger charge is -2.22. The van der Waals surface area contributed by atoms with E-state index in [0.717, 1.165) is 0 Å². The summed E-state index contributed by atoms with van der Waals surface area (Å²) in [6.45, 7) is 5.94. The molecule has 15 heavy (non-hydrogen) atoms. The number of nitrogens with one attached hydrogen (secondary N) is 1. The van der Waals surface area contributed by atoms with Crippen molar-refractivity contribution in [2.75, 3.05) is 13.1 Å². The molecule has 0 aliphatic carbocycles. The number of hydrogen-bond donors (Lipinski definition) is 3. The third-order valence-corrected chi connectivity index (χ3v) is 2.42. The number of primary amides is 1. The summed E-state index contributed by atoms with van der Waals surface area (Å²) in [4.78, 5) is 22.5. The van der Waals surface area contributed by atoms with Gasteiger partial charge in [0.2, 0.25) is 11.8 Å². The topological polar surface area (TPSA) is 98.2 Å². The molecular formula is C10H21N3O2. The highest BCUT2D eigenvalue weighted by atomic mass is 16.2. The van der Waals surface area contributed by atoms with Gasteiger partial charge in [-0.05, 0) is 26.8 Å². The maximum atomic E-state index is 11.5. The lowest BCUT2D eigenvalue weighted by Crippen LogP contribution is -2.43. The van der Waals surface area contributed by atoms with Crippen molar-refractivity contribution >= 4 is 11.8 Å². The second-order valence-corrected chi connectivity index (χ2v) is 4.44. The zero-order valence-corrected chi connectivity index (χ0v) is 9.67. The number of carbonyl (C=O) groups excluding carboxylic acids is 2. The van der Waals surface area contributed by atoms with Crippen LogP contribution in [0.25, 0.3) is 0 Å². The Balaban J connectivity index is 4.05. The van der Waals surface area contributed by atoms with Crippen molar-refractivity contribution in [1.82, 2.24) is 5.32 Å². The Morgan fingerprint density at radius 2 is 1.93 bits per heavy atom. The van der Waals surface area contributed by atoms with Gasteiger partial charge in [-0.1, -0.05) is 6.92 Å². The van der Waals surface area contributed by atoms with Crippen molar-refractivity contribution in [1.29, 1.82) is 0 Å². The van der Waals surface area contributed by atoms with Crippen LogP contribution in [0.15, 0.2) is 0 Å². The number of carbonyl (C=O) groups is 2. The van der Waals surface area contributed by atoms with Crippen LogP contribution < -0.4 is 16.8 Å². The second-order valence-electron chi connectivity index (χ2n) is 4.44. The number of nitrogens with two attached hydrogens (primary N) is 2.